The molecule has 0 atom stereocenters. The number of methoxy groups -OCH3 is 1. The molecule has 1 aromatic rings. The fourth-order valence-corrected chi connectivity index (χ4v) is 1.16. The van der Waals surface area contributed by atoms with Gasteiger partial charge in [-0.25, -0.2) is 4.79 Å². The van der Waals surface area contributed by atoms with E-state index in [-0.39, 0.29) is 0 Å². The van der Waals surface area contributed by atoms with Gasteiger partial charge in [0, 0.05) is 10.7 Å². The van der Waals surface area contributed by atoms with Crippen molar-refractivity contribution in [2.24, 2.45) is 0 Å². The van der Waals surface area contributed by atoms with Crippen molar-refractivity contribution in [2.45, 2.75) is 6.92 Å². The van der Waals surface area contributed by atoms with Gasteiger partial charge in [0.15, 0.2) is 0 Å². The molecule has 13 heavy (non-hydrogen) atoms. The zero-order valence-electron chi connectivity index (χ0n) is 7.43. The third kappa shape index (κ3) is 1.92. The average Bonchev–Trinajstić information content (AvgIpc) is 2.12. The maximum Gasteiger partial charge on any atom is 0.337 e. The summed E-state index contributed by atoms with van der Waals surface area (Å²) in [5.74, 6) is -0.436. The van der Waals surface area contributed by atoms with E-state index in [1.165, 1.54) is 7.11 Å². The number of halogens is 1. The van der Waals surface area contributed by atoms with E-state index in [0.29, 0.717) is 16.3 Å². The van der Waals surface area contributed by atoms with Crippen LogP contribution in [0.15, 0.2) is 12.1 Å². The standard InChI is InChI=1S/C9H10ClNO2/c1-5-7(10)3-6(4-8(5)11)9(12)13-2/h3-4H,11H2,1-2H3. The number of nitrogens with two attached hydrogens (primary N) is 1. The number of esters is 1. The van der Waals surface area contributed by atoms with Crippen LogP contribution in [0.4, 0.5) is 5.69 Å². The van der Waals surface area contributed by atoms with Crippen molar-refractivity contribution in [1.29, 1.82) is 0 Å². The largest absolute Gasteiger partial charge is 0.465 e. The fourth-order valence-electron chi connectivity index (χ4n) is 0.936. The lowest BCUT2D eigenvalue weighted by atomic mass is 10.1. The van der Waals surface area contributed by atoms with Crippen molar-refractivity contribution < 1.29 is 9.53 Å². The number of rotatable bonds is 1. The Kier molecular flexibility index (Phi) is 2.78. The second-order valence-corrected chi connectivity index (χ2v) is 3.07. The number of benzene rings is 1. The summed E-state index contributed by atoms with van der Waals surface area (Å²) in [5, 5.41) is 0.473. The van der Waals surface area contributed by atoms with Crippen LogP contribution < -0.4 is 5.73 Å². The number of carbonyl (C=O) groups is 1. The lowest BCUT2D eigenvalue weighted by Crippen LogP contribution is -2.03. The monoisotopic (exact) mass is 199 g/mol. The first-order valence-electron chi connectivity index (χ1n) is 3.70. The number of hydrogen-bond donors (Lipinski definition) is 1. The Hall–Kier alpha value is -1.22. The van der Waals surface area contributed by atoms with Crippen molar-refractivity contribution in [3.63, 3.8) is 0 Å². The van der Waals surface area contributed by atoms with Crippen LogP contribution in [0, 0.1) is 6.92 Å². The van der Waals surface area contributed by atoms with Gasteiger partial charge in [-0.05, 0) is 24.6 Å². The Bertz CT molecular complexity index is 326. The van der Waals surface area contributed by atoms with Gasteiger partial charge in [0.2, 0.25) is 0 Å². The van der Waals surface area contributed by atoms with Crippen LogP contribution >= 0.6 is 11.6 Å². The molecular weight excluding hydrogens is 190 g/mol. The van der Waals surface area contributed by atoms with E-state index in [9.17, 15) is 4.79 Å². The highest BCUT2D eigenvalue weighted by Crippen LogP contribution is 2.23. The van der Waals surface area contributed by atoms with Crippen LogP contribution in [0.25, 0.3) is 0 Å². The SMILES string of the molecule is COC(=O)c1cc(N)c(C)c(Cl)c1. The molecule has 0 spiro atoms. The molecule has 2 N–H and O–H groups in total. The van der Waals surface area contributed by atoms with Gasteiger partial charge in [-0.2, -0.15) is 0 Å². The molecule has 0 saturated carbocycles. The Balaban J connectivity index is 3.20. The molecule has 0 aliphatic heterocycles. The Morgan fingerprint density at radius 2 is 2.15 bits per heavy atom. The predicted molar refractivity (Wildman–Crippen MR) is 51.9 cm³/mol. The second kappa shape index (κ2) is 3.66. The minimum Gasteiger partial charge on any atom is -0.465 e. The molecule has 0 bridgehead atoms. The molecule has 0 unspecified atom stereocenters. The molecule has 0 aliphatic carbocycles. The van der Waals surface area contributed by atoms with Crippen LogP contribution in [-0.2, 0) is 4.74 Å². The van der Waals surface area contributed by atoms with Crippen molar-refractivity contribution in [1.82, 2.24) is 0 Å². The van der Waals surface area contributed by atoms with Crippen LogP contribution in [0.2, 0.25) is 5.02 Å². The molecule has 0 aromatic heterocycles. The van der Waals surface area contributed by atoms with Crippen LogP contribution in [0.1, 0.15) is 15.9 Å². The summed E-state index contributed by atoms with van der Waals surface area (Å²) in [7, 11) is 1.31. The van der Waals surface area contributed by atoms with Gasteiger partial charge in [0.25, 0.3) is 0 Å². The molecule has 0 amide bonds. The molecule has 1 aromatic carbocycles. The highest BCUT2D eigenvalue weighted by atomic mass is 35.5. The molecule has 0 aliphatic rings. The Morgan fingerprint density at radius 3 is 2.62 bits per heavy atom. The van der Waals surface area contributed by atoms with E-state index in [1.54, 1.807) is 19.1 Å². The lowest BCUT2D eigenvalue weighted by Gasteiger charge is -2.05. The fraction of sp³-hybridized carbons (Fsp3) is 0.222. The minimum atomic E-state index is -0.436. The smallest absolute Gasteiger partial charge is 0.337 e. The summed E-state index contributed by atoms with van der Waals surface area (Å²) in [6.45, 7) is 1.79. The topological polar surface area (TPSA) is 52.3 Å². The molecule has 0 radical (unpaired) electrons. The second-order valence-electron chi connectivity index (χ2n) is 2.66. The average molecular weight is 200 g/mol. The maximum atomic E-state index is 11.1. The van der Waals surface area contributed by atoms with Gasteiger partial charge < -0.3 is 10.5 Å². The minimum absolute atomic E-state index is 0.371. The third-order valence-corrected chi connectivity index (χ3v) is 2.20. The van der Waals surface area contributed by atoms with Crippen molar-refractivity contribution in [2.75, 3.05) is 12.8 Å². The zero-order chi connectivity index (χ0) is 10.0. The number of hydrogen-bond acceptors (Lipinski definition) is 3. The molecule has 0 saturated heterocycles. The van der Waals surface area contributed by atoms with E-state index in [1.807, 2.05) is 0 Å². The Labute approximate surface area is 81.4 Å². The maximum absolute atomic E-state index is 11.1. The first kappa shape index (κ1) is 9.86. The molecule has 0 fully saturated rings. The first-order valence-corrected chi connectivity index (χ1v) is 4.08. The molecule has 3 nitrogen and oxygen atoms in total. The molecule has 1 rings (SSSR count). The summed E-state index contributed by atoms with van der Waals surface area (Å²) in [6.07, 6.45) is 0. The Morgan fingerprint density at radius 1 is 1.54 bits per heavy atom. The summed E-state index contributed by atoms with van der Waals surface area (Å²) in [4.78, 5) is 11.1. The van der Waals surface area contributed by atoms with Gasteiger partial charge in [-0.1, -0.05) is 11.6 Å². The number of carbonyl (C=O) groups excluding carboxylic acids is 1. The van der Waals surface area contributed by atoms with E-state index in [2.05, 4.69) is 4.74 Å². The van der Waals surface area contributed by atoms with Crippen molar-refractivity contribution in [3.05, 3.63) is 28.3 Å². The molecular formula is C9H10ClNO2. The van der Waals surface area contributed by atoms with E-state index in [4.69, 9.17) is 17.3 Å². The van der Waals surface area contributed by atoms with Crippen LogP contribution in [0.3, 0.4) is 0 Å². The zero-order valence-corrected chi connectivity index (χ0v) is 8.18. The van der Waals surface area contributed by atoms with E-state index < -0.39 is 5.97 Å². The van der Waals surface area contributed by atoms with E-state index in [0.717, 1.165) is 5.56 Å². The normalized spacial score (nSPS) is 9.77. The van der Waals surface area contributed by atoms with Gasteiger partial charge in [0.05, 0.1) is 12.7 Å². The highest BCUT2D eigenvalue weighted by molar-refractivity contribution is 6.32. The molecule has 0 heterocycles. The molecule has 70 valence electrons. The van der Waals surface area contributed by atoms with E-state index >= 15 is 0 Å². The molecule has 4 heteroatoms. The third-order valence-electron chi connectivity index (χ3n) is 1.81. The lowest BCUT2D eigenvalue weighted by molar-refractivity contribution is 0.0601. The quantitative estimate of drug-likeness (QED) is 0.556. The van der Waals surface area contributed by atoms with Gasteiger partial charge >= 0.3 is 5.97 Å². The highest BCUT2D eigenvalue weighted by Gasteiger charge is 2.09. The first-order chi connectivity index (χ1) is 6.06. The number of ether oxygens (including phenoxy) is 1. The van der Waals surface area contributed by atoms with Crippen molar-refractivity contribution in [3.8, 4) is 0 Å². The summed E-state index contributed by atoms with van der Waals surface area (Å²) < 4.78 is 4.53. The van der Waals surface area contributed by atoms with Crippen molar-refractivity contribution >= 4 is 23.3 Å². The van der Waals surface area contributed by atoms with Gasteiger partial charge in [-0.3, -0.25) is 0 Å². The van der Waals surface area contributed by atoms with Crippen LogP contribution in [0.5, 0.6) is 0 Å². The number of anilines is 1. The number of nitrogen functional groups attached to an aromatic ring is 1. The van der Waals surface area contributed by atoms with Crippen LogP contribution in [-0.4, -0.2) is 13.1 Å². The van der Waals surface area contributed by atoms with Gasteiger partial charge in [0.1, 0.15) is 0 Å². The summed E-state index contributed by atoms with van der Waals surface area (Å²) in [5.41, 5.74) is 7.26. The van der Waals surface area contributed by atoms with Gasteiger partial charge in [-0.15, -0.1) is 0 Å². The predicted octanol–water partition coefficient (Wildman–Crippen LogP) is 2.02. The summed E-state index contributed by atoms with van der Waals surface area (Å²) >= 11 is 5.83. The summed E-state index contributed by atoms with van der Waals surface area (Å²) in [6, 6.07) is 3.09.